The quantitative estimate of drug-likeness (QED) is 0.493. The van der Waals surface area contributed by atoms with Crippen LogP contribution in [0.25, 0.3) is 0 Å². The molecule has 0 aliphatic heterocycles. The number of carbonyl (C=O) groups is 1. The lowest BCUT2D eigenvalue weighted by molar-refractivity contribution is -0.120. The molecule has 3 rings (SSSR count). The molecule has 0 spiro atoms. The van der Waals surface area contributed by atoms with Gasteiger partial charge in [-0.25, -0.2) is 14.2 Å². The molecule has 2 aromatic carbocycles. The molecule has 0 bridgehead atoms. The van der Waals surface area contributed by atoms with Crippen LogP contribution in [-0.4, -0.2) is 29.8 Å². The first-order chi connectivity index (χ1) is 12.4. The molecule has 2 aromatic rings. The molecular weight excluding hydrogens is 408 g/mol. The van der Waals surface area contributed by atoms with Crippen molar-refractivity contribution < 1.29 is 18.7 Å². The molecule has 0 saturated heterocycles. The van der Waals surface area contributed by atoms with Crippen LogP contribution < -0.4 is 10.7 Å². The highest BCUT2D eigenvalue weighted by Crippen LogP contribution is 2.40. The van der Waals surface area contributed by atoms with Crippen molar-refractivity contribution in [1.29, 1.82) is 0 Å². The lowest BCUT2D eigenvalue weighted by Gasteiger charge is -2.04. The van der Waals surface area contributed by atoms with Gasteiger partial charge in [0, 0.05) is 22.0 Å². The second-order valence-corrected chi connectivity index (χ2v) is 6.92. The van der Waals surface area contributed by atoms with Gasteiger partial charge in [0.1, 0.15) is 5.75 Å². The first-order valence-corrected chi connectivity index (χ1v) is 8.72. The Morgan fingerprint density at radius 2 is 2.08 bits per heavy atom. The summed E-state index contributed by atoms with van der Waals surface area (Å²) in [6.45, 7) is 0.0483. The Hall–Kier alpha value is -2.32. The van der Waals surface area contributed by atoms with Crippen LogP contribution in [-0.2, 0) is 4.79 Å². The van der Waals surface area contributed by atoms with Gasteiger partial charge in [0.25, 0.3) is 5.91 Å². The van der Waals surface area contributed by atoms with E-state index in [1.54, 1.807) is 18.2 Å². The zero-order chi connectivity index (χ0) is 18.7. The fourth-order valence-corrected chi connectivity index (χ4v) is 2.98. The van der Waals surface area contributed by atoms with Crippen molar-refractivity contribution in [2.75, 3.05) is 6.54 Å². The van der Waals surface area contributed by atoms with Crippen molar-refractivity contribution >= 4 is 28.1 Å². The molecule has 1 amide bonds. The summed E-state index contributed by atoms with van der Waals surface area (Å²) in [5.41, 5.74) is 3.54. The van der Waals surface area contributed by atoms with Gasteiger partial charge in [0.2, 0.25) is 0 Å². The molecule has 3 N–H and O–H groups in total. The van der Waals surface area contributed by atoms with E-state index >= 15 is 0 Å². The van der Waals surface area contributed by atoms with Gasteiger partial charge in [-0.2, -0.15) is 5.10 Å². The van der Waals surface area contributed by atoms with Crippen LogP contribution in [0.15, 0.2) is 46.0 Å². The van der Waals surface area contributed by atoms with E-state index in [1.165, 1.54) is 18.3 Å². The smallest absolute Gasteiger partial charge is 0.254 e. The van der Waals surface area contributed by atoms with Gasteiger partial charge < -0.3 is 10.4 Å². The molecule has 1 aliphatic rings. The van der Waals surface area contributed by atoms with Gasteiger partial charge in [-0.05, 0) is 42.3 Å². The van der Waals surface area contributed by atoms with Gasteiger partial charge in [-0.3, -0.25) is 4.79 Å². The van der Waals surface area contributed by atoms with E-state index in [-0.39, 0.29) is 30.2 Å². The second kappa shape index (κ2) is 7.92. The largest absolute Gasteiger partial charge is 0.507 e. The number of halogens is 3. The van der Waals surface area contributed by atoms with Crippen molar-refractivity contribution in [3.63, 3.8) is 0 Å². The third kappa shape index (κ3) is 4.64. The van der Waals surface area contributed by atoms with Crippen LogP contribution in [0, 0.1) is 11.6 Å². The highest BCUT2D eigenvalue weighted by Gasteiger charge is 2.38. The number of nitrogens with one attached hydrogen (secondary N) is 2. The Morgan fingerprint density at radius 3 is 2.85 bits per heavy atom. The Morgan fingerprint density at radius 1 is 1.27 bits per heavy atom. The minimum atomic E-state index is -0.868. The highest BCUT2D eigenvalue weighted by atomic mass is 79.9. The highest BCUT2D eigenvalue weighted by molar-refractivity contribution is 9.10. The summed E-state index contributed by atoms with van der Waals surface area (Å²) in [5, 5.41) is 16.5. The predicted molar refractivity (Wildman–Crippen MR) is 97.1 cm³/mol. The number of hydrogen-bond donors (Lipinski definition) is 3. The molecule has 0 aromatic heterocycles. The normalized spacial score (nSPS) is 18.9. The summed E-state index contributed by atoms with van der Waals surface area (Å²) in [6.07, 6.45) is 2.10. The van der Waals surface area contributed by atoms with Crippen LogP contribution >= 0.6 is 15.9 Å². The average Bonchev–Trinajstić information content (AvgIpc) is 3.38. The molecule has 5 nitrogen and oxygen atoms in total. The fourth-order valence-electron chi connectivity index (χ4n) is 2.60. The zero-order valence-corrected chi connectivity index (χ0v) is 15.1. The summed E-state index contributed by atoms with van der Waals surface area (Å²) in [6, 6.07) is 8.77. The number of amides is 1. The molecule has 1 saturated carbocycles. The zero-order valence-electron chi connectivity index (χ0n) is 13.5. The number of phenols is 1. The van der Waals surface area contributed by atoms with Crippen LogP contribution in [0.5, 0.6) is 5.75 Å². The van der Waals surface area contributed by atoms with E-state index in [1.807, 2.05) is 0 Å². The number of rotatable bonds is 6. The van der Waals surface area contributed by atoms with Crippen molar-refractivity contribution in [2.45, 2.75) is 18.4 Å². The molecule has 136 valence electrons. The minimum absolute atomic E-state index is 0.0451. The number of phenolic OH excluding ortho intramolecular Hbond substituents is 1. The number of aromatic hydroxyl groups is 1. The van der Waals surface area contributed by atoms with E-state index in [4.69, 9.17) is 0 Å². The number of benzene rings is 2. The van der Waals surface area contributed by atoms with Gasteiger partial charge in [0.15, 0.2) is 11.6 Å². The van der Waals surface area contributed by atoms with Crippen LogP contribution in [0.3, 0.4) is 0 Å². The first kappa shape index (κ1) is 18.5. The second-order valence-electron chi connectivity index (χ2n) is 6.00. The summed E-state index contributed by atoms with van der Waals surface area (Å²) >= 11 is 3.28. The van der Waals surface area contributed by atoms with Gasteiger partial charge >= 0.3 is 0 Å². The number of hydrazone groups is 1. The summed E-state index contributed by atoms with van der Waals surface area (Å²) in [7, 11) is 0. The summed E-state index contributed by atoms with van der Waals surface area (Å²) < 4.78 is 27.0. The number of carbonyl (C=O) groups excluding carboxylic acids is 1. The molecule has 2 atom stereocenters. The Balaban J connectivity index is 1.44. The SMILES string of the molecule is O=C(CN[C@@H]1C[C@H]1c1ccc(F)c(F)c1)N/N=C/c1cc(Br)ccc1O. The van der Waals surface area contributed by atoms with Crippen LogP contribution in [0.4, 0.5) is 8.78 Å². The van der Waals surface area contributed by atoms with Gasteiger partial charge in [-0.15, -0.1) is 0 Å². The maximum Gasteiger partial charge on any atom is 0.254 e. The molecule has 26 heavy (non-hydrogen) atoms. The molecular formula is C18H16BrF2N3O2. The summed E-state index contributed by atoms with van der Waals surface area (Å²) in [5.74, 6) is -1.95. The van der Waals surface area contributed by atoms with E-state index in [0.717, 1.165) is 17.0 Å². The maximum atomic E-state index is 13.2. The number of hydrogen-bond acceptors (Lipinski definition) is 4. The third-order valence-electron chi connectivity index (χ3n) is 4.07. The van der Waals surface area contributed by atoms with E-state index in [9.17, 15) is 18.7 Å². The van der Waals surface area contributed by atoms with Gasteiger partial charge in [0.05, 0.1) is 12.8 Å². The van der Waals surface area contributed by atoms with Crippen molar-refractivity contribution in [1.82, 2.24) is 10.7 Å². The number of nitrogens with zero attached hydrogens (tertiary/aromatic N) is 1. The summed E-state index contributed by atoms with van der Waals surface area (Å²) in [4.78, 5) is 11.8. The molecule has 0 unspecified atom stereocenters. The molecule has 1 fully saturated rings. The Bertz CT molecular complexity index is 860. The van der Waals surface area contributed by atoms with Crippen LogP contribution in [0.1, 0.15) is 23.5 Å². The predicted octanol–water partition coefficient (Wildman–Crippen LogP) is 3.03. The van der Waals surface area contributed by atoms with E-state index in [2.05, 4.69) is 31.8 Å². The van der Waals surface area contributed by atoms with E-state index in [0.29, 0.717) is 11.1 Å². The van der Waals surface area contributed by atoms with Crippen molar-refractivity contribution in [2.24, 2.45) is 5.10 Å². The maximum absolute atomic E-state index is 13.2. The topological polar surface area (TPSA) is 73.7 Å². The third-order valence-corrected chi connectivity index (χ3v) is 4.56. The van der Waals surface area contributed by atoms with Crippen molar-refractivity contribution in [3.8, 4) is 5.75 Å². The van der Waals surface area contributed by atoms with Crippen molar-refractivity contribution in [3.05, 3.63) is 63.6 Å². The Kier molecular flexibility index (Phi) is 5.63. The molecule has 8 heteroatoms. The lowest BCUT2D eigenvalue weighted by atomic mass is 10.1. The van der Waals surface area contributed by atoms with Gasteiger partial charge in [-0.1, -0.05) is 22.0 Å². The molecule has 1 aliphatic carbocycles. The lowest BCUT2D eigenvalue weighted by Crippen LogP contribution is -2.32. The standard InChI is InChI=1S/C18H16BrF2N3O2/c19-12-2-4-17(25)11(5-12)8-23-24-18(26)9-22-16-7-13(16)10-1-3-14(20)15(21)6-10/h1-6,8,13,16,22,25H,7,9H2,(H,24,26)/b23-8+/t13-,16+/m0/s1. The monoisotopic (exact) mass is 423 g/mol. The minimum Gasteiger partial charge on any atom is -0.507 e. The fraction of sp³-hybridized carbons (Fsp3) is 0.222. The van der Waals surface area contributed by atoms with E-state index < -0.39 is 11.6 Å². The molecule has 0 heterocycles. The molecule has 0 radical (unpaired) electrons. The average molecular weight is 424 g/mol. The Labute approximate surface area is 157 Å². The van der Waals surface area contributed by atoms with Crippen LogP contribution in [0.2, 0.25) is 0 Å². The first-order valence-electron chi connectivity index (χ1n) is 7.93.